The fourth-order valence-corrected chi connectivity index (χ4v) is 1.97. The normalized spacial score (nSPS) is 28.1. The second-order valence-corrected chi connectivity index (χ2v) is 5.49. The molecule has 90 valence electrons. The van der Waals surface area contributed by atoms with Gasteiger partial charge in [-0.3, -0.25) is 4.79 Å². The Morgan fingerprint density at radius 2 is 2.06 bits per heavy atom. The van der Waals surface area contributed by atoms with Gasteiger partial charge in [0.1, 0.15) is 0 Å². The van der Waals surface area contributed by atoms with Crippen molar-refractivity contribution in [2.24, 2.45) is 15.7 Å². The van der Waals surface area contributed by atoms with Crippen molar-refractivity contribution in [2.75, 3.05) is 0 Å². The van der Waals surface area contributed by atoms with Crippen molar-refractivity contribution in [2.45, 2.75) is 32.8 Å². The molecule has 0 N–H and O–H groups in total. The quantitative estimate of drug-likeness (QED) is 0.683. The Balaban J connectivity index is 2.78. The van der Waals surface area contributed by atoms with Gasteiger partial charge in [-0.1, -0.05) is 25.1 Å². The predicted octanol–water partition coefficient (Wildman–Crippen LogP) is 1.19. The van der Waals surface area contributed by atoms with Crippen molar-refractivity contribution in [3.63, 3.8) is 0 Å². The van der Waals surface area contributed by atoms with E-state index in [1.807, 2.05) is 20.8 Å². The van der Waals surface area contributed by atoms with E-state index in [0.29, 0.717) is 12.7 Å². The Kier molecular flexibility index (Phi) is 3.18. The summed E-state index contributed by atoms with van der Waals surface area (Å²) in [6.07, 6.45) is -0.288. The molecule has 0 aromatic rings. The van der Waals surface area contributed by atoms with Crippen molar-refractivity contribution in [1.82, 2.24) is 0 Å². The number of rotatable bonds is 2. The van der Waals surface area contributed by atoms with Crippen molar-refractivity contribution in [1.29, 1.82) is 0 Å². The summed E-state index contributed by atoms with van der Waals surface area (Å²) >= 11 is 0. The van der Waals surface area contributed by atoms with E-state index in [0.717, 1.165) is 0 Å². The summed E-state index contributed by atoms with van der Waals surface area (Å²) in [6, 6.07) is 0. The van der Waals surface area contributed by atoms with E-state index in [1.165, 1.54) is 0 Å². The lowest BCUT2D eigenvalue weighted by Gasteiger charge is -2.20. The number of hydrogen-bond acceptors (Lipinski definition) is 5. The van der Waals surface area contributed by atoms with Gasteiger partial charge >= 0.3 is 16.6 Å². The van der Waals surface area contributed by atoms with Crippen LogP contribution < -0.4 is 0 Å². The molecule has 0 bridgehead atoms. The number of hydrogen-bond donors (Lipinski definition) is 0. The summed E-state index contributed by atoms with van der Waals surface area (Å²) in [5.41, 5.74) is -1.38. The number of nitrogens with zero attached hydrogens (tertiary/aromatic N) is 1. The molecule has 1 fully saturated rings. The first kappa shape index (κ1) is 12.8. The van der Waals surface area contributed by atoms with Gasteiger partial charge in [-0.05, 0) is 5.41 Å². The van der Waals surface area contributed by atoms with Crippen LogP contribution in [0.15, 0.2) is 4.36 Å². The lowest BCUT2D eigenvalue weighted by molar-refractivity contribution is -0.118. The van der Waals surface area contributed by atoms with Gasteiger partial charge in [-0.25, -0.2) is 4.79 Å². The molecular weight excluding hydrogens is 234 g/mol. The Morgan fingerprint density at radius 3 is 2.38 bits per heavy atom. The van der Waals surface area contributed by atoms with E-state index in [-0.39, 0.29) is 11.3 Å². The number of aldehydes is 1. The molecular formula is C9H13NO5S. The molecule has 0 spiro atoms. The second kappa shape index (κ2) is 3.97. The Bertz CT molecular complexity index is 439. The first-order valence-electron chi connectivity index (χ1n) is 4.72. The third-order valence-corrected chi connectivity index (χ3v) is 2.92. The molecule has 2 atom stereocenters. The average molecular weight is 247 g/mol. The maximum atomic E-state index is 11.0. The molecule has 1 saturated carbocycles. The molecule has 0 saturated heterocycles. The van der Waals surface area contributed by atoms with Crippen molar-refractivity contribution in [3.8, 4) is 0 Å². The van der Waals surface area contributed by atoms with Crippen LogP contribution in [0.25, 0.3) is 0 Å². The van der Waals surface area contributed by atoms with Crippen molar-refractivity contribution in [3.05, 3.63) is 0 Å². The molecule has 1 aliphatic rings. The lowest BCUT2D eigenvalue weighted by atomic mass is 9.88. The van der Waals surface area contributed by atoms with Gasteiger partial charge in [0.25, 0.3) is 0 Å². The number of amides is 1. The molecule has 0 radical (unpaired) electrons. The second-order valence-electron chi connectivity index (χ2n) is 4.87. The van der Waals surface area contributed by atoms with Crippen molar-refractivity contribution >= 4 is 22.9 Å². The number of carbonyl (C=O) groups is 2. The van der Waals surface area contributed by atoms with Gasteiger partial charge in [0.2, 0.25) is 0 Å². The standard InChI is InChI=1S/C9H13NO5S/c1-8(2,3)6-4-9(6,5-11)15-7(12)10-16(13)14/h5-6H,4H2,1-3H3. The minimum absolute atomic E-state index is 0.100. The molecule has 7 heteroatoms. The Hall–Kier alpha value is -1.24. The first-order chi connectivity index (χ1) is 7.21. The Labute approximate surface area is 94.7 Å². The van der Waals surface area contributed by atoms with Crippen LogP contribution >= 0.6 is 0 Å². The summed E-state index contributed by atoms with van der Waals surface area (Å²) < 4.78 is 27.7. The highest BCUT2D eigenvalue weighted by atomic mass is 32.2. The third kappa shape index (κ3) is 2.66. The fourth-order valence-electron chi connectivity index (χ4n) is 1.81. The molecule has 0 aromatic carbocycles. The summed E-state index contributed by atoms with van der Waals surface area (Å²) in [7, 11) is -2.85. The molecule has 0 heterocycles. The smallest absolute Gasteiger partial charge is 0.433 e. The maximum Gasteiger partial charge on any atom is 0.449 e. The third-order valence-electron chi connectivity index (χ3n) is 2.62. The minimum Gasteiger partial charge on any atom is -0.433 e. The highest BCUT2D eigenvalue weighted by molar-refractivity contribution is 7.62. The van der Waals surface area contributed by atoms with E-state index in [2.05, 4.69) is 4.36 Å². The molecule has 1 amide bonds. The van der Waals surface area contributed by atoms with Crippen LogP contribution in [0.3, 0.4) is 0 Å². The van der Waals surface area contributed by atoms with E-state index in [4.69, 9.17) is 4.74 Å². The molecule has 1 rings (SSSR count). The van der Waals surface area contributed by atoms with Crippen LogP contribution in [0.5, 0.6) is 0 Å². The fraction of sp³-hybridized carbons (Fsp3) is 0.778. The van der Waals surface area contributed by atoms with Gasteiger partial charge in [-0.15, -0.1) is 0 Å². The van der Waals surface area contributed by atoms with Crippen molar-refractivity contribution < 1.29 is 22.7 Å². The Morgan fingerprint density at radius 1 is 1.50 bits per heavy atom. The lowest BCUT2D eigenvalue weighted by Crippen LogP contribution is -2.27. The number of carbonyl (C=O) groups excluding carboxylic acids is 2. The SMILES string of the molecule is CC(C)(C)C1CC1(C=O)OC(=O)N=S(=O)=O. The molecule has 2 unspecified atom stereocenters. The minimum atomic E-state index is -2.85. The van der Waals surface area contributed by atoms with Gasteiger partial charge in [0.05, 0.1) is 0 Å². The van der Waals surface area contributed by atoms with E-state index in [9.17, 15) is 18.0 Å². The van der Waals surface area contributed by atoms with Crippen LogP contribution in [-0.4, -0.2) is 26.4 Å². The molecule has 16 heavy (non-hydrogen) atoms. The zero-order chi connectivity index (χ0) is 12.6. The van der Waals surface area contributed by atoms with Crippen LogP contribution in [-0.2, 0) is 20.0 Å². The summed E-state index contributed by atoms with van der Waals surface area (Å²) in [5.74, 6) is -0.100. The number of ether oxygens (including phenoxy) is 1. The first-order valence-corrected chi connectivity index (χ1v) is 5.75. The van der Waals surface area contributed by atoms with Crippen LogP contribution in [0.1, 0.15) is 27.2 Å². The maximum absolute atomic E-state index is 11.0. The molecule has 0 aliphatic heterocycles. The van der Waals surface area contributed by atoms with E-state index < -0.39 is 22.2 Å². The summed E-state index contributed by atoms with van der Waals surface area (Å²) in [5, 5.41) is 0. The zero-order valence-corrected chi connectivity index (χ0v) is 10.1. The van der Waals surface area contributed by atoms with Crippen LogP contribution in [0.4, 0.5) is 4.79 Å². The van der Waals surface area contributed by atoms with Crippen LogP contribution in [0, 0.1) is 11.3 Å². The topological polar surface area (TPSA) is 89.9 Å². The summed E-state index contributed by atoms with van der Waals surface area (Å²) in [4.78, 5) is 21.9. The van der Waals surface area contributed by atoms with E-state index >= 15 is 0 Å². The molecule has 1 aliphatic carbocycles. The molecule has 0 aromatic heterocycles. The summed E-state index contributed by atoms with van der Waals surface area (Å²) in [6.45, 7) is 5.75. The van der Waals surface area contributed by atoms with Crippen LogP contribution in [0.2, 0.25) is 0 Å². The van der Waals surface area contributed by atoms with Gasteiger partial charge in [0, 0.05) is 12.3 Å². The largest absolute Gasteiger partial charge is 0.449 e. The zero-order valence-electron chi connectivity index (χ0n) is 9.26. The highest BCUT2D eigenvalue weighted by Crippen LogP contribution is 2.55. The monoisotopic (exact) mass is 247 g/mol. The van der Waals surface area contributed by atoms with Gasteiger partial charge in [0.15, 0.2) is 11.9 Å². The molecule has 6 nitrogen and oxygen atoms in total. The van der Waals surface area contributed by atoms with Gasteiger partial charge in [-0.2, -0.15) is 8.42 Å². The highest BCUT2D eigenvalue weighted by Gasteiger charge is 2.63. The predicted molar refractivity (Wildman–Crippen MR) is 54.2 cm³/mol. The van der Waals surface area contributed by atoms with E-state index in [1.54, 1.807) is 0 Å². The average Bonchev–Trinajstić information content (AvgIpc) is 2.77. The van der Waals surface area contributed by atoms with Gasteiger partial charge < -0.3 is 4.74 Å².